The lowest BCUT2D eigenvalue weighted by atomic mass is 9.99. The molecule has 0 aliphatic carbocycles. The van der Waals surface area contributed by atoms with Gasteiger partial charge in [0.05, 0.1) is 18.8 Å². The maximum atomic E-state index is 12.5. The Morgan fingerprint density at radius 3 is 0.873 bits per heavy atom. The fourth-order valence-electron chi connectivity index (χ4n) is 8.11. The Balaban J connectivity index is 3.59. The molecule has 0 saturated heterocycles. The Bertz CT molecular complexity index is 751. The fourth-order valence-corrected chi connectivity index (χ4v) is 8.11. The Kier molecular flexibility index (Phi) is 43.9. The summed E-state index contributed by atoms with van der Waals surface area (Å²) in [6.45, 7) is 4.07. The van der Waals surface area contributed by atoms with Gasteiger partial charge in [-0.15, -0.1) is 0 Å². The minimum Gasteiger partial charge on any atom is -0.394 e. The molecule has 330 valence electrons. The van der Waals surface area contributed by atoms with Crippen LogP contribution in [0.3, 0.4) is 0 Å². The van der Waals surface area contributed by atoms with E-state index in [1.54, 1.807) is 0 Å². The number of hydrogen-bond acceptors (Lipinski definition) is 5. The Hall–Kier alpha value is -0.690. The van der Waals surface area contributed by atoms with Crippen molar-refractivity contribution in [1.29, 1.82) is 0 Å². The molecular weight excluding hydrogens is 683 g/mol. The number of unbranched alkanes of at least 4 members (excludes halogenated alkanes) is 37. The van der Waals surface area contributed by atoms with E-state index in [2.05, 4.69) is 19.2 Å². The van der Waals surface area contributed by atoms with Crippen LogP contribution in [0, 0.1) is 0 Å². The molecule has 0 aromatic carbocycles. The average molecular weight is 782 g/mol. The first kappa shape index (κ1) is 54.3. The van der Waals surface area contributed by atoms with Crippen LogP contribution in [0.4, 0.5) is 0 Å². The number of aliphatic hydroxyl groups excluding tert-OH is 4. The van der Waals surface area contributed by atoms with Crippen LogP contribution in [-0.4, -0.2) is 57.3 Å². The first-order valence-electron chi connectivity index (χ1n) is 24.9. The van der Waals surface area contributed by atoms with Gasteiger partial charge in [-0.25, -0.2) is 0 Å². The van der Waals surface area contributed by atoms with E-state index in [0.717, 1.165) is 38.5 Å². The largest absolute Gasteiger partial charge is 0.394 e. The third-order valence-electron chi connectivity index (χ3n) is 12.1. The molecule has 1 amide bonds. The van der Waals surface area contributed by atoms with Gasteiger partial charge < -0.3 is 25.7 Å². The zero-order valence-electron chi connectivity index (χ0n) is 37.2. The maximum absolute atomic E-state index is 12.5. The summed E-state index contributed by atoms with van der Waals surface area (Å²) >= 11 is 0. The number of amides is 1. The van der Waals surface area contributed by atoms with Gasteiger partial charge in [0.2, 0.25) is 5.91 Å². The lowest BCUT2D eigenvalue weighted by molar-refractivity contribution is -0.132. The lowest BCUT2D eigenvalue weighted by Crippen LogP contribution is -2.53. The van der Waals surface area contributed by atoms with Gasteiger partial charge in [0.1, 0.15) is 12.2 Å². The quantitative estimate of drug-likeness (QED) is 0.0395. The smallest absolute Gasteiger partial charge is 0.249 e. The molecule has 0 aliphatic heterocycles. The van der Waals surface area contributed by atoms with E-state index >= 15 is 0 Å². The second-order valence-corrected chi connectivity index (χ2v) is 17.5. The molecule has 0 aromatic rings. The molecule has 0 heterocycles. The van der Waals surface area contributed by atoms with Crippen molar-refractivity contribution in [2.75, 3.05) is 6.61 Å². The molecule has 5 N–H and O–H groups in total. The van der Waals surface area contributed by atoms with E-state index in [0.29, 0.717) is 12.8 Å². The molecule has 0 spiro atoms. The van der Waals surface area contributed by atoms with Gasteiger partial charge >= 0.3 is 0 Å². The summed E-state index contributed by atoms with van der Waals surface area (Å²) in [5, 5.41) is 43.8. The summed E-state index contributed by atoms with van der Waals surface area (Å²) in [4.78, 5) is 12.5. The number of hydrogen-bond donors (Lipinski definition) is 5. The predicted molar refractivity (Wildman–Crippen MR) is 238 cm³/mol. The summed E-state index contributed by atoms with van der Waals surface area (Å²) in [6, 6.07) is -0.979. The van der Waals surface area contributed by atoms with Crippen molar-refractivity contribution in [3.8, 4) is 0 Å². The summed E-state index contributed by atoms with van der Waals surface area (Å²) in [7, 11) is 0. The van der Waals surface area contributed by atoms with Gasteiger partial charge in [0, 0.05) is 0 Å². The van der Waals surface area contributed by atoms with E-state index in [-0.39, 0.29) is 0 Å². The van der Waals surface area contributed by atoms with Crippen LogP contribution in [-0.2, 0) is 4.79 Å². The number of nitrogens with one attached hydrogen (secondary N) is 1. The number of aliphatic hydroxyl groups is 4. The summed E-state index contributed by atoms with van der Waals surface area (Å²) in [6.07, 6.45) is 48.7. The van der Waals surface area contributed by atoms with Crippen molar-refractivity contribution in [3.05, 3.63) is 0 Å². The van der Waals surface area contributed by atoms with Crippen LogP contribution in [0.15, 0.2) is 0 Å². The summed E-state index contributed by atoms with van der Waals surface area (Å²) in [5.74, 6) is -0.579. The van der Waals surface area contributed by atoms with Gasteiger partial charge in [-0.1, -0.05) is 264 Å². The molecule has 0 rings (SSSR count). The highest BCUT2D eigenvalue weighted by molar-refractivity contribution is 5.80. The molecule has 4 atom stereocenters. The van der Waals surface area contributed by atoms with Crippen LogP contribution in [0.2, 0.25) is 0 Å². The summed E-state index contributed by atoms with van der Waals surface area (Å²) in [5.41, 5.74) is 0. The van der Waals surface area contributed by atoms with Gasteiger partial charge in [-0.2, -0.15) is 0 Å². The van der Waals surface area contributed by atoms with Gasteiger partial charge in [-0.05, 0) is 12.8 Å². The standard InChI is InChI=1S/C49H99NO5/c1-3-5-7-9-11-13-15-17-18-19-20-21-22-23-24-25-26-27-28-29-31-32-34-36-38-40-42-46(52)48(54)45(44-51)50-49(55)47(53)43-41-39-37-35-33-30-16-14-12-10-8-6-4-2/h45-48,51-54H,3-44H2,1-2H3,(H,50,55). The average Bonchev–Trinajstić information content (AvgIpc) is 3.19. The van der Waals surface area contributed by atoms with Crippen LogP contribution in [0.1, 0.15) is 277 Å². The predicted octanol–water partition coefficient (Wildman–Crippen LogP) is 13.6. The SMILES string of the molecule is CCCCCCCCCCCCCCCCCCCCCCCCCCCCC(O)C(O)C(CO)NC(=O)C(O)CCCCCCCCCCCCCCC. The molecule has 0 aromatic heterocycles. The highest BCUT2D eigenvalue weighted by atomic mass is 16.3. The van der Waals surface area contributed by atoms with Crippen LogP contribution < -0.4 is 5.32 Å². The molecular formula is C49H99NO5. The van der Waals surface area contributed by atoms with Gasteiger partial charge in [-0.3, -0.25) is 4.79 Å². The number of rotatable bonds is 46. The monoisotopic (exact) mass is 782 g/mol. The normalized spacial score (nSPS) is 13.9. The maximum Gasteiger partial charge on any atom is 0.249 e. The number of carbonyl (C=O) groups excluding carboxylic acids is 1. The minimum absolute atomic E-state index is 0.375. The van der Waals surface area contributed by atoms with E-state index in [4.69, 9.17) is 0 Å². The van der Waals surface area contributed by atoms with E-state index < -0.39 is 36.9 Å². The van der Waals surface area contributed by atoms with Gasteiger partial charge in [0.15, 0.2) is 0 Å². The van der Waals surface area contributed by atoms with Crippen LogP contribution in [0.25, 0.3) is 0 Å². The first-order chi connectivity index (χ1) is 27.0. The minimum atomic E-state index is -1.25. The van der Waals surface area contributed by atoms with E-state index in [1.807, 2.05) is 0 Å². The zero-order valence-corrected chi connectivity index (χ0v) is 37.2. The molecule has 0 saturated carbocycles. The van der Waals surface area contributed by atoms with Gasteiger partial charge in [0.25, 0.3) is 0 Å². The molecule has 6 nitrogen and oxygen atoms in total. The van der Waals surface area contributed by atoms with Crippen LogP contribution in [0.5, 0.6) is 0 Å². The molecule has 0 fully saturated rings. The lowest BCUT2D eigenvalue weighted by Gasteiger charge is -2.27. The van der Waals surface area contributed by atoms with Crippen molar-refractivity contribution < 1.29 is 25.2 Å². The second-order valence-electron chi connectivity index (χ2n) is 17.5. The van der Waals surface area contributed by atoms with Crippen molar-refractivity contribution in [2.45, 2.75) is 301 Å². The topological polar surface area (TPSA) is 110 Å². The fraction of sp³-hybridized carbons (Fsp3) is 0.980. The summed E-state index contributed by atoms with van der Waals surface area (Å²) < 4.78 is 0. The van der Waals surface area contributed by atoms with Crippen LogP contribution >= 0.6 is 0 Å². The van der Waals surface area contributed by atoms with Crippen molar-refractivity contribution in [2.24, 2.45) is 0 Å². The second kappa shape index (κ2) is 44.4. The molecule has 0 radical (unpaired) electrons. The molecule has 55 heavy (non-hydrogen) atoms. The molecule has 0 aliphatic rings. The zero-order chi connectivity index (χ0) is 40.3. The molecule has 4 unspecified atom stereocenters. The van der Waals surface area contributed by atoms with Crippen molar-refractivity contribution in [1.82, 2.24) is 5.32 Å². The third-order valence-corrected chi connectivity index (χ3v) is 12.1. The molecule has 6 heteroatoms. The van der Waals surface area contributed by atoms with E-state index in [9.17, 15) is 25.2 Å². The van der Waals surface area contributed by atoms with Crippen molar-refractivity contribution in [3.63, 3.8) is 0 Å². The highest BCUT2D eigenvalue weighted by Gasteiger charge is 2.28. The Morgan fingerprint density at radius 2 is 0.618 bits per heavy atom. The Morgan fingerprint density at radius 1 is 0.382 bits per heavy atom. The molecule has 0 bridgehead atoms. The van der Waals surface area contributed by atoms with E-state index in [1.165, 1.54) is 212 Å². The van der Waals surface area contributed by atoms with Crippen molar-refractivity contribution >= 4 is 5.91 Å². The highest BCUT2D eigenvalue weighted by Crippen LogP contribution is 2.18. The Labute approximate surface area is 343 Å². The number of carbonyl (C=O) groups is 1. The first-order valence-corrected chi connectivity index (χ1v) is 24.9. The third kappa shape index (κ3) is 38.6.